The van der Waals surface area contributed by atoms with Gasteiger partial charge in [0.05, 0.1) is 6.04 Å². The van der Waals surface area contributed by atoms with Crippen LogP contribution in [0.3, 0.4) is 0 Å². The molecule has 1 atom stereocenters. The van der Waals surface area contributed by atoms with Crippen LogP contribution in [0.2, 0.25) is 0 Å². The van der Waals surface area contributed by atoms with E-state index in [0.29, 0.717) is 13.0 Å². The molecule has 0 aromatic carbocycles. The zero-order valence-electron chi connectivity index (χ0n) is 11.1. The van der Waals surface area contributed by atoms with Gasteiger partial charge in [-0.2, -0.15) is 0 Å². The molecular formula is C13H21NO3. The molecule has 1 rings (SSSR count). The third-order valence-corrected chi connectivity index (χ3v) is 2.66. The molecule has 0 bridgehead atoms. The summed E-state index contributed by atoms with van der Waals surface area (Å²) in [7, 11) is 0. The summed E-state index contributed by atoms with van der Waals surface area (Å²) < 4.78 is 5.30. The van der Waals surface area contributed by atoms with Crippen LogP contribution in [-0.2, 0) is 9.53 Å². The summed E-state index contributed by atoms with van der Waals surface area (Å²) in [5.74, 6) is -0.0169. The van der Waals surface area contributed by atoms with Gasteiger partial charge >= 0.3 is 6.09 Å². The van der Waals surface area contributed by atoms with Gasteiger partial charge in [-0.3, -0.25) is 9.69 Å². The lowest BCUT2D eigenvalue weighted by atomic mass is 9.96. The number of ketones is 1. The Hall–Kier alpha value is -1.32. The molecule has 0 saturated carbocycles. The standard InChI is InChI=1S/C13H21NO3/c1-9-6-7-14(11(8-9)10(2)15)12(16)17-13(3,4)5/h11H,1,6-8H2,2-5H3/t11-/m1/s1. The smallest absolute Gasteiger partial charge is 0.410 e. The molecule has 1 saturated heterocycles. The third-order valence-electron chi connectivity index (χ3n) is 2.66. The molecule has 1 aliphatic rings. The van der Waals surface area contributed by atoms with E-state index in [2.05, 4.69) is 6.58 Å². The van der Waals surface area contributed by atoms with E-state index in [9.17, 15) is 9.59 Å². The fraction of sp³-hybridized carbons (Fsp3) is 0.692. The SMILES string of the molecule is C=C1CCN(C(=O)OC(C)(C)C)[C@@H](C(C)=O)C1. The maximum absolute atomic E-state index is 12.0. The molecule has 4 heteroatoms. The largest absolute Gasteiger partial charge is 0.444 e. The molecule has 0 radical (unpaired) electrons. The predicted octanol–water partition coefficient (Wildman–Crippen LogP) is 2.53. The van der Waals surface area contributed by atoms with E-state index >= 15 is 0 Å². The first-order chi connectivity index (χ1) is 7.70. The molecule has 1 aliphatic heterocycles. The predicted molar refractivity (Wildman–Crippen MR) is 65.8 cm³/mol. The summed E-state index contributed by atoms with van der Waals surface area (Å²) >= 11 is 0. The van der Waals surface area contributed by atoms with Gasteiger partial charge in [-0.15, -0.1) is 0 Å². The topological polar surface area (TPSA) is 46.6 Å². The maximum atomic E-state index is 12.0. The van der Waals surface area contributed by atoms with E-state index in [0.717, 1.165) is 12.0 Å². The quantitative estimate of drug-likeness (QED) is 0.660. The summed E-state index contributed by atoms with van der Waals surface area (Å²) in [6.07, 6.45) is 0.877. The number of rotatable bonds is 1. The lowest BCUT2D eigenvalue weighted by molar-refractivity contribution is -0.122. The summed E-state index contributed by atoms with van der Waals surface area (Å²) in [5, 5.41) is 0. The summed E-state index contributed by atoms with van der Waals surface area (Å²) in [6.45, 7) is 11.3. The van der Waals surface area contributed by atoms with Crippen LogP contribution in [0.5, 0.6) is 0 Å². The second-order valence-corrected chi connectivity index (χ2v) is 5.50. The van der Waals surface area contributed by atoms with Crippen molar-refractivity contribution in [3.8, 4) is 0 Å². The van der Waals surface area contributed by atoms with Crippen LogP contribution in [-0.4, -0.2) is 35.0 Å². The molecule has 0 aliphatic carbocycles. The third kappa shape index (κ3) is 3.88. The van der Waals surface area contributed by atoms with Crippen molar-refractivity contribution in [2.75, 3.05) is 6.54 Å². The highest BCUT2D eigenvalue weighted by Crippen LogP contribution is 2.23. The monoisotopic (exact) mass is 239 g/mol. The number of ether oxygens (including phenoxy) is 1. The maximum Gasteiger partial charge on any atom is 0.410 e. The molecule has 1 fully saturated rings. The van der Waals surface area contributed by atoms with Crippen molar-refractivity contribution in [3.05, 3.63) is 12.2 Å². The van der Waals surface area contributed by atoms with Gasteiger partial charge in [0.25, 0.3) is 0 Å². The number of hydrogen-bond donors (Lipinski definition) is 0. The highest BCUT2D eigenvalue weighted by molar-refractivity contribution is 5.86. The van der Waals surface area contributed by atoms with Crippen molar-refractivity contribution in [2.24, 2.45) is 0 Å². The van der Waals surface area contributed by atoms with Crippen LogP contribution in [0.15, 0.2) is 12.2 Å². The molecule has 17 heavy (non-hydrogen) atoms. The van der Waals surface area contributed by atoms with Crippen LogP contribution < -0.4 is 0 Å². The Kier molecular flexibility index (Phi) is 3.96. The second kappa shape index (κ2) is 4.90. The Labute approximate surface area is 103 Å². The number of likely N-dealkylation sites (tertiary alicyclic amines) is 1. The number of Topliss-reactive ketones (excluding diaryl/α,β-unsaturated/α-hetero) is 1. The van der Waals surface area contributed by atoms with Crippen molar-refractivity contribution >= 4 is 11.9 Å². The Morgan fingerprint density at radius 1 is 1.41 bits per heavy atom. The Morgan fingerprint density at radius 2 is 2.00 bits per heavy atom. The molecule has 1 heterocycles. The summed E-state index contributed by atoms with van der Waals surface area (Å²) in [6, 6.07) is -0.411. The van der Waals surface area contributed by atoms with E-state index in [4.69, 9.17) is 4.74 Å². The van der Waals surface area contributed by atoms with Crippen LogP contribution in [0, 0.1) is 0 Å². The fourth-order valence-corrected chi connectivity index (χ4v) is 1.82. The van der Waals surface area contributed by atoms with E-state index in [1.807, 2.05) is 20.8 Å². The van der Waals surface area contributed by atoms with Gasteiger partial charge in [0.1, 0.15) is 5.60 Å². The van der Waals surface area contributed by atoms with Crippen LogP contribution in [0.1, 0.15) is 40.5 Å². The first kappa shape index (κ1) is 13.7. The molecule has 4 nitrogen and oxygen atoms in total. The molecule has 0 unspecified atom stereocenters. The van der Waals surface area contributed by atoms with Crippen molar-refractivity contribution in [1.82, 2.24) is 4.90 Å². The van der Waals surface area contributed by atoms with E-state index in [1.165, 1.54) is 11.8 Å². The van der Waals surface area contributed by atoms with Gasteiger partial charge in [0, 0.05) is 6.54 Å². The minimum absolute atomic E-state index is 0.0169. The van der Waals surface area contributed by atoms with Crippen LogP contribution in [0.25, 0.3) is 0 Å². The normalized spacial score (nSPS) is 21.3. The second-order valence-electron chi connectivity index (χ2n) is 5.50. The molecule has 0 aromatic rings. The fourth-order valence-electron chi connectivity index (χ4n) is 1.82. The lowest BCUT2D eigenvalue weighted by Gasteiger charge is -2.36. The van der Waals surface area contributed by atoms with Gasteiger partial charge < -0.3 is 4.74 Å². The van der Waals surface area contributed by atoms with Crippen LogP contribution >= 0.6 is 0 Å². The number of hydrogen-bond acceptors (Lipinski definition) is 3. The molecule has 0 aromatic heterocycles. The van der Waals surface area contributed by atoms with E-state index in [1.54, 1.807) is 0 Å². The van der Waals surface area contributed by atoms with E-state index in [-0.39, 0.29) is 5.78 Å². The first-order valence-electron chi connectivity index (χ1n) is 5.87. The van der Waals surface area contributed by atoms with Crippen molar-refractivity contribution in [3.63, 3.8) is 0 Å². The Balaban J connectivity index is 2.76. The minimum Gasteiger partial charge on any atom is -0.444 e. The average Bonchev–Trinajstić information content (AvgIpc) is 2.14. The highest BCUT2D eigenvalue weighted by atomic mass is 16.6. The van der Waals surface area contributed by atoms with Gasteiger partial charge in [0.2, 0.25) is 0 Å². The molecule has 0 N–H and O–H groups in total. The average molecular weight is 239 g/mol. The highest BCUT2D eigenvalue weighted by Gasteiger charge is 2.33. The zero-order valence-corrected chi connectivity index (χ0v) is 11.1. The number of amides is 1. The first-order valence-corrected chi connectivity index (χ1v) is 5.87. The zero-order chi connectivity index (χ0) is 13.2. The lowest BCUT2D eigenvalue weighted by Crippen LogP contribution is -2.49. The summed E-state index contributed by atoms with van der Waals surface area (Å²) in [4.78, 5) is 25.0. The Bertz CT molecular complexity index is 341. The number of carbonyl (C=O) groups is 2. The van der Waals surface area contributed by atoms with Crippen molar-refractivity contribution in [1.29, 1.82) is 0 Å². The van der Waals surface area contributed by atoms with Gasteiger partial charge in [-0.25, -0.2) is 4.79 Å². The Morgan fingerprint density at radius 3 is 2.47 bits per heavy atom. The molecular weight excluding hydrogens is 218 g/mol. The molecule has 96 valence electrons. The van der Waals surface area contributed by atoms with Gasteiger partial charge in [0.15, 0.2) is 5.78 Å². The van der Waals surface area contributed by atoms with Gasteiger partial charge in [-0.05, 0) is 40.5 Å². The van der Waals surface area contributed by atoms with Crippen LogP contribution in [0.4, 0.5) is 4.79 Å². The summed E-state index contributed by atoms with van der Waals surface area (Å²) in [5.41, 5.74) is 0.484. The van der Waals surface area contributed by atoms with E-state index < -0.39 is 17.7 Å². The molecule has 0 spiro atoms. The number of carbonyl (C=O) groups excluding carboxylic acids is 2. The molecule has 1 amide bonds. The van der Waals surface area contributed by atoms with Gasteiger partial charge in [-0.1, -0.05) is 12.2 Å². The number of nitrogens with zero attached hydrogens (tertiary/aromatic N) is 1. The van der Waals surface area contributed by atoms with Crippen molar-refractivity contribution < 1.29 is 14.3 Å². The number of piperidine rings is 1. The minimum atomic E-state index is -0.535. The van der Waals surface area contributed by atoms with Crippen molar-refractivity contribution in [2.45, 2.75) is 52.2 Å².